The van der Waals surface area contributed by atoms with E-state index in [9.17, 15) is 4.79 Å². The SMILES string of the molecule is CCCCCCCCOc1ccc(/C=C2\SC(=S)N(c3ccc(OC)cc3OC)C2=O)cc1OC. The van der Waals surface area contributed by atoms with E-state index < -0.39 is 0 Å². The Morgan fingerprint density at radius 3 is 2.34 bits per heavy atom. The van der Waals surface area contributed by atoms with Crippen molar-refractivity contribution in [2.75, 3.05) is 32.8 Å². The Morgan fingerprint density at radius 1 is 0.886 bits per heavy atom. The molecule has 2 aromatic rings. The molecule has 0 unspecified atom stereocenters. The Labute approximate surface area is 217 Å². The lowest BCUT2D eigenvalue weighted by Gasteiger charge is -2.18. The van der Waals surface area contributed by atoms with Crippen molar-refractivity contribution >= 4 is 46.0 Å². The maximum Gasteiger partial charge on any atom is 0.270 e. The summed E-state index contributed by atoms with van der Waals surface area (Å²) in [6.45, 7) is 2.88. The van der Waals surface area contributed by atoms with Gasteiger partial charge in [-0.05, 0) is 42.3 Å². The normalized spacial score (nSPS) is 14.5. The fraction of sp³-hybridized carbons (Fsp3) is 0.407. The highest BCUT2D eigenvalue weighted by atomic mass is 32.2. The summed E-state index contributed by atoms with van der Waals surface area (Å²) in [7, 11) is 4.75. The molecule has 1 saturated heterocycles. The Morgan fingerprint density at radius 2 is 1.63 bits per heavy atom. The number of amides is 1. The van der Waals surface area contributed by atoms with Gasteiger partial charge in [-0.15, -0.1) is 0 Å². The van der Waals surface area contributed by atoms with Crippen LogP contribution in [0.5, 0.6) is 23.0 Å². The molecule has 0 spiro atoms. The third-order valence-corrected chi connectivity index (χ3v) is 6.96. The fourth-order valence-electron chi connectivity index (χ4n) is 3.75. The second kappa shape index (κ2) is 13.4. The van der Waals surface area contributed by atoms with Crippen LogP contribution in [0.15, 0.2) is 41.3 Å². The summed E-state index contributed by atoms with van der Waals surface area (Å²) >= 11 is 6.77. The van der Waals surface area contributed by atoms with Gasteiger partial charge < -0.3 is 18.9 Å². The summed E-state index contributed by atoms with van der Waals surface area (Å²) in [5, 5.41) is 0. The van der Waals surface area contributed by atoms with Gasteiger partial charge in [0.25, 0.3) is 5.91 Å². The van der Waals surface area contributed by atoms with Crippen molar-refractivity contribution in [1.29, 1.82) is 0 Å². The number of anilines is 1. The minimum Gasteiger partial charge on any atom is -0.497 e. The summed E-state index contributed by atoms with van der Waals surface area (Å²) in [5.41, 5.74) is 1.41. The van der Waals surface area contributed by atoms with E-state index in [1.807, 2.05) is 24.3 Å². The molecule has 3 rings (SSSR count). The van der Waals surface area contributed by atoms with E-state index in [1.54, 1.807) is 39.5 Å². The first-order valence-electron chi connectivity index (χ1n) is 11.8. The van der Waals surface area contributed by atoms with Crippen molar-refractivity contribution in [3.8, 4) is 23.0 Å². The monoisotopic (exact) mass is 515 g/mol. The summed E-state index contributed by atoms with van der Waals surface area (Å²) in [4.78, 5) is 15.2. The summed E-state index contributed by atoms with van der Waals surface area (Å²) < 4.78 is 22.6. The van der Waals surface area contributed by atoms with Crippen LogP contribution >= 0.6 is 24.0 Å². The second-order valence-corrected chi connectivity index (χ2v) is 9.76. The Kier molecular flexibility index (Phi) is 10.3. The molecule has 2 aromatic carbocycles. The van der Waals surface area contributed by atoms with E-state index in [1.165, 1.54) is 48.8 Å². The van der Waals surface area contributed by atoms with Gasteiger partial charge in [0.05, 0.1) is 38.5 Å². The number of unbranched alkanes of at least 4 members (excludes halogenated alkanes) is 5. The standard InChI is InChI=1S/C27H33NO5S2/c1-5-6-7-8-9-10-15-33-22-14-11-19(16-24(22)32-4)17-25-26(29)28(27(34)35-25)21-13-12-20(30-2)18-23(21)31-3/h11-14,16-18H,5-10,15H2,1-4H3/b25-17-. The molecule has 0 N–H and O–H groups in total. The lowest BCUT2D eigenvalue weighted by atomic mass is 10.1. The first kappa shape index (κ1) is 26.9. The maximum atomic E-state index is 13.2. The lowest BCUT2D eigenvalue weighted by molar-refractivity contribution is -0.113. The molecule has 0 bridgehead atoms. The van der Waals surface area contributed by atoms with Crippen LogP contribution in [0.1, 0.15) is 51.0 Å². The minimum absolute atomic E-state index is 0.203. The Hall–Kier alpha value is -2.71. The Bertz CT molecular complexity index is 1070. The number of carbonyl (C=O) groups is 1. The maximum absolute atomic E-state index is 13.2. The molecule has 0 aliphatic carbocycles. The van der Waals surface area contributed by atoms with Gasteiger partial charge in [-0.2, -0.15) is 0 Å². The zero-order valence-electron chi connectivity index (χ0n) is 20.8. The average molecular weight is 516 g/mol. The smallest absolute Gasteiger partial charge is 0.270 e. The van der Waals surface area contributed by atoms with Crippen LogP contribution in [0, 0.1) is 0 Å². The van der Waals surface area contributed by atoms with Gasteiger partial charge in [0.15, 0.2) is 15.8 Å². The molecule has 1 aliphatic rings. The van der Waals surface area contributed by atoms with E-state index in [4.69, 9.17) is 31.2 Å². The molecule has 188 valence electrons. The van der Waals surface area contributed by atoms with Crippen LogP contribution < -0.4 is 23.8 Å². The summed E-state index contributed by atoms with van der Waals surface area (Å²) in [6, 6.07) is 10.9. The van der Waals surface area contributed by atoms with Gasteiger partial charge in [-0.3, -0.25) is 9.69 Å². The molecule has 8 heteroatoms. The van der Waals surface area contributed by atoms with E-state index in [0.717, 1.165) is 12.0 Å². The zero-order valence-corrected chi connectivity index (χ0v) is 22.4. The number of carbonyl (C=O) groups excluding carboxylic acids is 1. The first-order valence-corrected chi connectivity index (χ1v) is 13.1. The topological polar surface area (TPSA) is 57.2 Å². The molecule has 35 heavy (non-hydrogen) atoms. The molecule has 6 nitrogen and oxygen atoms in total. The van der Waals surface area contributed by atoms with Gasteiger partial charge in [-0.25, -0.2) is 0 Å². The quantitative estimate of drug-likeness (QED) is 0.164. The molecule has 0 radical (unpaired) electrons. The largest absolute Gasteiger partial charge is 0.497 e. The third kappa shape index (κ3) is 6.92. The van der Waals surface area contributed by atoms with Crippen LogP contribution in [0.3, 0.4) is 0 Å². The van der Waals surface area contributed by atoms with E-state index in [-0.39, 0.29) is 5.91 Å². The number of rotatable bonds is 13. The van der Waals surface area contributed by atoms with Crippen LogP contribution in [-0.2, 0) is 4.79 Å². The molecule has 0 saturated carbocycles. The molecular weight excluding hydrogens is 482 g/mol. The molecular formula is C27H33NO5S2. The third-order valence-electron chi connectivity index (χ3n) is 5.66. The number of nitrogens with zero attached hydrogens (tertiary/aromatic N) is 1. The van der Waals surface area contributed by atoms with Gasteiger partial charge in [0.2, 0.25) is 0 Å². The number of benzene rings is 2. The van der Waals surface area contributed by atoms with Gasteiger partial charge >= 0.3 is 0 Å². The Balaban J connectivity index is 1.70. The van der Waals surface area contributed by atoms with Crippen LogP contribution in [0.2, 0.25) is 0 Å². The molecule has 0 atom stereocenters. The van der Waals surface area contributed by atoms with Gasteiger partial charge in [0.1, 0.15) is 11.5 Å². The van der Waals surface area contributed by atoms with Crippen LogP contribution in [-0.4, -0.2) is 38.2 Å². The zero-order chi connectivity index (χ0) is 25.2. The van der Waals surface area contributed by atoms with E-state index >= 15 is 0 Å². The summed E-state index contributed by atoms with van der Waals surface area (Å²) in [6.07, 6.45) is 9.07. The highest BCUT2D eigenvalue weighted by molar-refractivity contribution is 8.27. The minimum atomic E-state index is -0.203. The highest BCUT2D eigenvalue weighted by Crippen LogP contribution is 2.41. The lowest BCUT2D eigenvalue weighted by Crippen LogP contribution is -2.27. The molecule has 1 heterocycles. The first-order chi connectivity index (χ1) is 17.0. The number of ether oxygens (including phenoxy) is 4. The van der Waals surface area contributed by atoms with Crippen LogP contribution in [0.4, 0.5) is 5.69 Å². The molecule has 0 aromatic heterocycles. The van der Waals surface area contributed by atoms with Gasteiger partial charge in [0, 0.05) is 6.07 Å². The van der Waals surface area contributed by atoms with Crippen molar-refractivity contribution in [3.05, 3.63) is 46.9 Å². The molecule has 1 aliphatic heterocycles. The molecule has 1 amide bonds. The summed E-state index contributed by atoms with van der Waals surface area (Å²) in [5.74, 6) is 2.28. The number of thioether (sulfide) groups is 1. The van der Waals surface area contributed by atoms with Crippen molar-refractivity contribution < 1.29 is 23.7 Å². The number of hydrogen-bond donors (Lipinski definition) is 0. The number of hydrogen-bond acceptors (Lipinski definition) is 7. The predicted molar refractivity (Wildman–Crippen MR) is 147 cm³/mol. The number of methoxy groups -OCH3 is 3. The average Bonchev–Trinajstić information content (AvgIpc) is 3.15. The number of thiocarbonyl (C=S) groups is 1. The van der Waals surface area contributed by atoms with Crippen molar-refractivity contribution in [3.63, 3.8) is 0 Å². The van der Waals surface area contributed by atoms with Gasteiger partial charge in [-0.1, -0.05) is 69.1 Å². The van der Waals surface area contributed by atoms with Crippen LogP contribution in [0.25, 0.3) is 6.08 Å². The van der Waals surface area contributed by atoms with E-state index in [0.29, 0.717) is 44.5 Å². The fourth-order valence-corrected chi connectivity index (χ4v) is 5.04. The van der Waals surface area contributed by atoms with Crippen molar-refractivity contribution in [2.45, 2.75) is 45.4 Å². The molecule has 1 fully saturated rings. The predicted octanol–water partition coefficient (Wildman–Crippen LogP) is 6.86. The van der Waals surface area contributed by atoms with Crippen molar-refractivity contribution in [1.82, 2.24) is 0 Å². The van der Waals surface area contributed by atoms with Crippen molar-refractivity contribution in [2.24, 2.45) is 0 Å². The van der Waals surface area contributed by atoms with E-state index in [2.05, 4.69) is 6.92 Å². The highest BCUT2D eigenvalue weighted by Gasteiger charge is 2.35. The second-order valence-electron chi connectivity index (χ2n) is 8.08.